The first kappa shape index (κ1) is 31.9. The Morgan fingerprint density at radius 1 is 0.613 bits per heavy atom. The average Bonchev–Trinajstić information content (AvgIpc) is 2.74. The second kappa shape index (κ2) is 26.7. The van der Waals surface area contributed by atoms with E-state index in [0.29, 0.717) is 0 Å². The van der Waals surface area contributed by atoms with E-state index in [2.05, 4.69) is 59.6 Å². The van der Waals surface area contributed by atoms with E-state index < -0.39 is 0 Å². The van der Waals surface area contributed by atoms with Gasteiger partial charge in [0.25, 0.3) is 0 Å². The van der Waals surface area contributed by atoms with Gasteiger partial charge in [-0.1, -0.05) is 132 Å². The molecule has 0 bridgehead atoms. The summed E-state index contributed by atoms with van der Waals surface area (Å²) in [5.74, 6) is 0. The highest BCUT2D eigenvalue weighted by atomic mass is 14.0. The lowest BCUT2D eigenvalue weighted by Crippen LogP contribution is -1.82. The summed E-state index contributed by atoms with van der Waals surface area (Å²) in [4.78, 5) is 0. The normalized spacial score (nSPS) is 10.8. The molecular weight excluding hydrogens is 372 g/mol. The average molecular weight is 429 g/mol. The van der Waals surface area contributed by atoms with Crippen LogP contribution in [0.4, 0.5) is 0 Å². The van der Waals surface area contributed by atoms with Crippen molar-refractivity contribution in [3.8, 4) is 0 Å². The smallest absolute Gasteiger partial charge is 0.0250 e. The molecule has 0 saturated heterocycles. The molecule has 0 aromatic carbocycles. The minimum Gasteiger partial charge on any atom is -0.103 e. The van der Waals surface area contributed by atoms with E-state index in [4.69, 9.17) is 0 Å². The first-order valence-electron chi connectivity index (χ1n) is 13.2. The Hall–Kier alpha value is -1.30. The van der Waals surface area contributed by atoms with Gasteiger partial charge in [-0.2, -0.15) is 0 Å². The molecule has 0 nitrogen and oxygen atoms in total. The highest BCUT2D eigenvalue weighted by molar-refractivity contribution is 5.12. The molecule has 0 atom stereocenters. The third-order valence-corrected chi connectivity index (χ3v) is 5.60. The van der Waals surface area contributed by atoms with Crippen LogP contribution in [0, 0.1) is 0 Å². The van der Waals surface area contributed by atoms with Gasteiger partial charge in [-0.15, -0.1) is 6.58 Å². The van der Waals surface area contributed by atoms with Gasteiger partial charge in [0.1, 0.15) is 0 Å². The van der Waals surface area contributed by atoms with Crippen LogP contribution in [0.25, 0.3) is 0 Å². The van der Waals surface area contributed by atoms with Gasteiger partial charge in [-0.3, -0.25) is 0 Å². The maximum Gasteiger partial charge on any atom is -0.0250 e. The molecule has 0 amide bonds. The number of rotatable bonds is 20. The van der Waals surface area contributed by atoms with Crippen molar-refractivity contribution in [2.45, 2.75) is 137 Å². The quantitative estimate of drug-likeness (QED) is 0.103. The highest BCUT2D eigenvalue weighted by Crippen LogP contribution is 2.13. The van der Waals surface area contributed by atoms with Crippen LogP contribution in [0.2, 0.25) is 0 Å². The molecule has 0 rings (SSSR count). The molecule has 0 N–H and O–H groups in total. The van der Waals surface area contributed by atoms with E-state index in [1.165, 1.54) is 101 Å². The summed E-state index contributed by atoms with van der Waals surface area (Å²) in [5.41, 5.74) is 4.01. The van der Waals surface area contributed by atoms with E-state index in [1.54, 1.807) is 0 Å². The Morgan fingerprint density at radius 2 is 1.10 bits per heavy atom. The largest absolute Gasteiger partial charge is 0.103 e. The fourth-order valence-corrected chi connectivity index (χ4v) is 3.43. The van der Waals surface area contributed by atoms with Gasteiger partial charge >= 0.3 is 0 Å². The Balaban J connectivity index is 0. The van der Waals surface area contributed by atoms with Crippen LogP contribution in [0.1, 0.15) is 137 Å². The zero-order valence-electron chi connectivity index (χ0n) is 22.0. The Morgan fingerprint density at radius 3 is 1.55 bits per heavy atom. The Labute approximate surface area is 197 Å². The van der Waals surface area contributed by atoms with Crippen LogP contribution in [0.3, 0.4) is 0 Å². The number of allylic oxidation sites excluding steroid dienone is 7. The topological polar surface area (TPSA) is 0 Å². The molecule has 0 aromatic heterocycles. The summed E-state index contributed by atoms with van der Waals surface area (Å²) in [5, 5.41) is 0. The van der Waals surface area contributed by atoms with Gasteiger partial charge in [0.05, 0.1) is 0 Å². The number of hydrogen-bond donors (Lipinski definition) is 0. The SMILES string of the molecule is C=CC(=C)CC/C=C(\C)CCC=C(C)C.C=CCCCCCCCCCCCCCC. The molecule has 0 radical (unpaired) electrons. The molecule has 0 aromatic rings. The maximum absolute atomic E-state index is 3.90. The lowest BCUT2D eigenvalue weighted by atomic mass is 10.0. The first-order chi connectivity index (χ1) is 15.0. The molecule has 0 unspecified atom stereocenters. The van der Waals surface area contributed by atoms with Crippen LogP contribution < -0.4 is 0 Å². The van der Waals surface area contributed by atoms with Crippen molar-refractivity contribution in [3.05, 3.63) is 60.8 Å². The van der Waals surface area contributed by atoms with Crippen molar-refractivity contribution in [1.82, 2.24) is 0 Å². The summed E-state index contributed by atoms with van der Waals surface area (Å²) in [6.07, 6.45) is 31.4. The van der Waals surface area contributed by atoms with Crippen LogP contribution >= 0.6 is 0 Å². The predicted molar refractivity (Wildman–Crippen MR) is 147 cm³/mol. The van der Waals surface area contributed by atoms with Crippen molar-refractivity contribution >= 4 is 0 Å². The molecule has 0 aliphatic rings. The molecule has 31 heavy (non-hydrogen) atoms. The monoisotopic (exact) mass is 428 g/mol. The molecular formula is C31H56. The second-order valence-corrected chi connectivity index (χ2v) is 9.24. The molecule has 0 fully saturated rings. The van der Waals surface area contributed by atoms with Gasteiger partial charge in [0, 0.05) is 0 Å². The first-order valence-corrected chi connectivity index (χ1v) is 13.2. The van der Waals surface area contributed by atoms with Crippen molar-refractivity contribution < 1.29 is 0 Å². The minimum atomic E-state index is 1.03. The van der Waals surface area contributed by atoms with Gasteiger partial charge < -0.3 is 0 Å². The fourth-order valence-electron chi connectivity index (χ4n) is 3.43. The van der Waals surface area contributed by atoms with Crippen LogP contribution in [-0.2, 0) is 0 Å². The lowest BCUT2D eigenvalue weighted by molar-refractivity contribution is 0.545. The molecule has 0 saturated carbocycles. The zero-order chi connectivity index (χ0) is 23.6. The maximum atomic E-state index is 3.90. The van der Waals surface area contributed by atoms with Crippen molar-refractivity contribution in [1.29, 1.82) is 0 Å². The molecule has 0 aliphatic carbocycles. The van der Waals surface area contributed by atoms with Gasteiger partial charge in [-0.25, -0.2) is 0 Å². The summed E-state index contributed by atoms with van der Waals surface area (Å²) in [6.45, 7) is 20.1. The third-order valence-electron chi connectivity index (χ3n) is 5.60. The van der Waals surface area contributed by atoms with Gasteiger partial charge in [0.15, 0.2) is 0 Å². The third kappa shape index (κ3) is 31.0. The van der Waals surface area contributed by atoms with E-state index in [-0.39, 0.29) is 0 Å². The summed E-state index contributed by atoms with van der Waals surface area (Å²) >= 11 is 0. The molecule has 180 valence electrons. The number of hydrogen-bond acceptors (Lipinski definition) is 0. The van der Waals surface area contributed by atoms with E-state index in [1.807, 2.05) is 12.2 Å². The standard InChI is InChI=1S/C16H32.C15H24/c1-3-5-7-9-11-13-15-16-14-12-10-8-6-4-2;1-6-14(4)10-8-12-15(5)11-7-9-13(2)3/h3H,1,4-16H2,2H3;6,9,12H,1,4,7-8,10-11H2,2-3,5H3/b;15-12+. The van der Waals surface area contributed by atoms with E-state index in [9.17, 15) is 0 Å². The molecule has 0 aliphatic heterocycles. The summed E-state index contributed by atoms with van der Waals surface area (Å²) in [7, 11) is 0. The second-order valence-electron chi connectivity index (χ2n) is 9.24. The van der Waals surface area contributed by atoms with E-state index in [0.717, 1.165) is 24.8 Å². The molecule has 0 heterocycles. The minimum absolute atomic E-state index is 1.03. The Bertz CT molecular complexity index is 470. The molecule has 0 spiro atoms. The van der Waals surface area contributed by atoms with Crippen molar-refractivity contribution in [2.75, 3.05) is 0 Å². The summed E-state index contributed by atoms with van der Waals surface area (Å²) in [6, 6.07) is 0. The van der Waals surface area contributed by atoms with E-state index >= 15 is 0 Å². The van der Waals surface area contributed by atoms with Crippen molar-refractivity contribution in [2.24, 2.45) is 0 Å². The van der Waals surface area contributed by atoms with Crippen LogP contribution in [0.5, 0.6) is 0 Å². The fraction of sp³-hybridized carbons (Fsp3) is 0.677. The predicted octanol–water partition coefficient (Wildman–Crippen LogP) is 11.5. The lowest BCUT2D eigenvalue weighted by Gasteiger charge is -2.02. The number of unbranched alkanes of at least 4 members (excludes halogenated alkanes) is 12. The molecule has 0 heteroatoms. The van der Waals surface area contributed by atoms with Crippen molar-refractivity contribution in [3.63, 3.8) is 0 Å². The Kier molecular flexibility index (Phi) is 27.5. The van der Waals surface area contributed by atoms with Crippen LogP contribution in [0.15, 0.2) is 60.8 Å². The highest BCUT2D eigenvalue weighted by Gasteiger charge is 1.93. The summed E-state index contributed by atoms with van der Waals surface area (Å²) < 4.78 is 0. The van der Waals surface area contributed by atoms with Crippen LogP contribution in [-0.4, -0.2) is 0 Å². The zero-order valence-corrected chi connectivity index (χ0v) is 22.0. The van der Waals surface area contributed by atoms with Gasteiger partial charge in [-0.05, 0) is 59.3 Å². The van der Waals surface area contributed by atoms with Gasteiger partial charge in [0.2, 0.25) is 0 Å².